The molecule has 0 bridgehead atoms. The zero-order valence-electron chi connectivity index (χ0n) is 9.61. The highest BCUT2D eigenvalue weighted by atomic mass is 16.4. The molecule has 3 unspecified atom stereocenters. The van der Waals surface area contributed by atoms with Crippen LogP contribution in [0.25, 0.3) is 0 Å². The van der Waals surface area contributed by atoms with Crippen LogP contribution < -0.4 is 11.1 Å². The van der Waals surface area contributed by atoms with E-state index in [2.05, 4.69) is 5.32 Å². The maximum absolute atomic E-state index is 11.3. The lowest BCUT2D eigenvalue weighted by molar-refractivity contribution is -0.143. The van der Waals surface area contributed by atoms with E-state index in [0.717, 1.165) is 19.3 Å². The van der Waals surface area contributed by atoms with Gasteiger partial charge in [0.05, 0.1) is 5.92 Å². The summed E-state index contributed by atoms with van der Waals surface area (Å²) in [6.45, 7) is 2.23. The molecule has 1 fully saturated rings. The number of nitrogens with one attached hydrogen (secondary N) is 1. The van der Waals surface area contributed by atoms with Gasteiger partial charge >= 0.3 is 5.97 Å². The zero-order chi connectivity index (χ0) is 12.1. The number of hydrogen-bond donors (Lipinski definition) is 3. The molecule has 1 aliphatic rings. The predicted molar refractivity (Wildman–Crippen MR) is 59.7 cm³/mol. The minimum Gasteiger partial charge on any atom is -0.481 e. The van der Waals surface area contributed by atoms with E-state index >= 15 is 0 Å². The molecule has 0 aliphatic heterocycles. The van der Waals surface area contributed by atoms with Crippen molar-refractivity contribution in [3.63, 3.8) is 0 Å². The summed E-state index contributed by atoms with van der Waals surface area (Å²) >= 11 is 0. The Bertz CT molecular complexity index is 266. The standard InChI is InChI=1S/C11H20N2O3/c1-7(12)5-10(14)13-6-8-3-2-4-9(8)11(15)16/h7-9H,2-6,12H2,1H3,(H,13,14)(H,15,16). The van der Waals surface area contributed by atoms with Gasteiger partial charge < -0.3 is 16.2 Å². The maximum atomic E-state index is 11.3. The number of carbonyl (C=O) groups is 2. The second-order valence-corrected chi connectivity index (χ2v) is 4.62. The number of carboxylic acids is 1. The Labute approximate surface area is 95.4 Å². The molecule has 92 valence electrons. The Hall–Kier alpha value is -1.10. The Morgan fingerprint density at radius 1 is 1.50 bits per heavy atom. The highest BCUT2D eigenvalue weighted by Gasteiger charge is 2.32. The molecule has 16 heavy (non-hydrogen) atoms. The number of carbonyl (C=O) groups excluding carboxylic acids is 1. The molecule has 1 amide bonds. The fourth-order valence-electron chi connectivity index (χ4n) is 2.22. The molecule has 1 saturated carbocycles. The topological polar surface area (TPSA) is 92.4 Å². The fraction of sp³-hybridized carbons (Fsp3) is 0.818. The van der Waals surface area contributed by atoms with E-state index in [9.17, 15) is 9.59 Å². The van der Waals surface area contributed by atoms with Crippen molar-refractivity contribution in [1.82, 2.24) is 5.32 Å². The van der Waals surface area contributed by atoms with Gasteiger partial charge in [0.2, 0.25) is 5.91 Å². The van der Waals surface area contributed by atoms with E-state index in [0.29, 0.717) is 13.0 Å². The molecular formula is C11H20N2O3. The molecule has 3 atom stereocenters. The molecule has 0 aromatic rings. The Kier molecular flexibility index (Phi) is 4.73. The first-order chi connectivity index (χ1) is 7.50. The van der Waals surface area contributed by atoms with Crippen molar-refractivity contribution in [3.8, 4) is 0 Å². The van der Waals surface area contributed by atoms with Crippen LogP contribution in [0.2, 0.25) is 0 Å². The Balaban J connectivity index is 2.31. The van der Waals surface area contributed by atoms with Gasteiger partial charge in [-0.1, -0.05) is 6.42 Å². The lowest BCUT2D eigenvalue weighted by Crippen LogP contribution is -2.35. The van der Waals surface area contributed by atoms with Gasteiger partial charge in [-0.2, -0.15) is 0 Å². The van der Waals surface area contributed by atoms with E-state index in [1.165, 1.54) is 0 Å². The third kappa shape index (κ3) is 3.81. The van der Waals surface area contributed by atoms with Crippen LogP contribution in [-0.4, -0.2) is 29.6 Å². The van der Waals surface area contributed by atoms with E-state index in [1.807, 2.05) is 0 Å². The van der Waals surface area contributed by atoms with Crippen LogP contribution in [0.3, 0.4) is 0 Å². The van der Waals surface area contributed by atoms with Crippen molar-refractivity contribution >= 4 is 11.9 Å². The van der Waals surface area contributed by atoms with Crippen LogP contribution in [-0.2, 0) is 9.59 Å². The van der Waals surface area contributed by atoms with Crippen molar-refractivity contribution in [3.05, 3.63) is 0 Å². The Morgan fingerprint density at radius 3 is 2.75 bits per heavy atom. The normalized spacial score (nSPS) is 26.4. The Morgan fingerprint density at radius 2 is 2.19 bits per heavy atom. The fourth-order valence-corrected chi connectivity index (χ4v) is 2.22. The molecule has 5 heteroatoms. The average molecular weight is 228 g/mol. The molecule has 4 N–H and O–H groups in total. The monoisotopic (exact) mass is 228 g/mol. The molecule has 0 aromatic carbocycles. The number of carboxylic acid groups (broad SMARTS) is 1. The van der Waals surface area contributed by atoms with Crippen molar-refractivity contribution in [1.29, 1.82) is 0 Å². The lowest BCUT2D eigenvalue weighted by atomic mass is 9.96. The summed E-state index contributed by atoms with van der Waals surface area (Å²) in [5.41, 5.74) is 5.50. The van der Waals surface area contributed by atoms with Crippen molar-refractivity contribution in [2.75, 3.05) is 6.54 Å². The maximum Gasteiger partial charge on any atom is 0.306 e. The molecule has 0 saturated heterocycles. The zero-order valence-corrected chi connectivity index (χ0v) is 9.61. The number of nitrogens with two attached hydrogens (primary N) is 1. The second kappa shape index (κ2) is 5.84. The highest BCUT2D eigenvalue weighted by Crippen LogP contribution is 2.31. The first kappa shape index (κ1) is 13.0. The lowest BCUT2D eigenvalue weighted by Gasteiger charge is -2.16. The number of rotatable bonds is 5. The minimum atomic E-state index is -0.746. The van der Waals surface area contributed by atoms with E-state index in [-0.39, 0.29) is 23.8 Å². The minimum absolute atomic E-state index is 0.0783. The van der Waals surface area contributed by atoms with Gasteiger partial charge in [0.25, 0.3) is 0 Å². The molecule has 5 nitrogen and oxygen atoms in total. The van der Waals surface area contributed by atoms with Crippen LogP contribution in [0, 0.1) is 11.8 Å². The number of aliphatic carboxylic acids is 1. The smallest absolute Gasteiger partial charge is 0.306 e. The van der Waals surface area contributed by atoms with E-state index in [4.69, 9.17) is 10.8 Å². The van der Waals surface area contributed by atoms with Crippen LogP contribution in [0.1, 0.15) is 32.6 Å². The van der Waals surface area contributed by atoms with Gasteiger partial charge in [0.15, 0.2) is 0 Å². The van der Waals surface area contributed by atoms with Crippen LogP contribution in [0.15, 0.2) is 0 Å². The van der Waals surface area contributed by atoms with Crippen LogP contribution >= 0.6 is 0 Å². The van der Waals surface area contributed by atoms with Crippen molar-refractivity contribution in [2.24, 2.45) is 17.6 Å². The molecule has 0 spiro atoms. The second-order valence-electron chi connectivity index (χ2n) is 4.62. The summed E-state index contributed by atoms with van der Waals surface area (Å²) < 4.78 is 0. The molecule has 0 radical (unpaired) electrons. The molecular weight excluding hydrogens is 208 g/mol. The summed E-state index contributed by atoms with van der Waals surface area (Å²) in [5.74, 6) is -1.06. The summed E-state index contributed by atoms with van der Waals surface area (Å²) in [6, 6.07) is -0.154. The van der Waals surface area contributed by atoms with Crippen molar-refractivity contribution < 1.29 is 14.7 Å². The quantitative estimate of drug-likeness (QED) is 0.632. The van der Waals surface area contributed by atoms with Crippen LogP contribution in [0.5, 0.6) is 0 Å². The van der Waals surface area contributed by atoms with Gasteiger partial charge in [0.1, 0.15) is 0 Å². The van der Waals surface area contributed by atoms with Gasteiger partial charge in [-0.3, -0.25) is 9.59 Å². The van der Waals surface area contributed by atoms with Crippen LogP contribution in [0.4, 0.5) is 0 Å². The summed E-state index contributed by atoms with van der Waals surface area (Å²) in [6.07, 6.45) is 2.84. The van der Waals surface area contributed by atoms with Crippen molar-refractivity contribution in [2.45, 2.75) is 38.6 Å². The van der Waals surface area contributed by atoms with E-state index in [1.54, 1.807) is 6.92 Å². The summed E-state index contributed by atoms with van der Waals surface area (Å²) in [5, 5.41) is 11.7. The molecule has 1 aliphatic carbocycles. The number of hydrogen-bond acceptors (Lipinski definition) is 3. The first-order valence-corrected chi connectivity index (χ1v) is 5.75. The van der Waals surface area contributed by atoms with E-state index < -0.39 is 5.97 Å². The summed E-state index contributed by atoms with van der Waals surface area (Å²) in [4.78, 5) is 22.2. The average Bonchev–Trinajstić information content (AvgIpc) is 2.61. The van der Waals surface area contributed by atoms with Gasteiger partial charge in [-0.25, -0.2) is 0 Å². The molecule has 0 aromatic heterocycles. The largest absolute Gasteiger partial charge is 0.481 e. The third-order valence-corrected chi connectivity index (χ3v) is 3.05. The third-order valence-electron chi connectivity index (χ3n) is 3.05. The molecule has 1 rings (SSSR count). The summed E-state index contributed by atoms with van der Waals surface area (Å²) in [7, 11) is 0. The van der Waals surface area contributed by atoms with Gasteiger partial charge in [-0.15, -0.1) is 0 Å². The number of amides is 1. The van der Waals surface area contributed by atoms with Gasteiger partial charge in [-0.05, 0) is 25.7 Å². The predicted octanol–water partition coefficient (Wildman–Crippen LogP) is 0.341. The highest BCUT2D eigenvalue weighted by molar-refractivity contribution is 5.76. The molecule has 0 heterocycles. The SMILES string of the molecule is CC(N)CC(=O)NCC1CCCC1C(=O)O. The van der Waals surface area contributed by atoms with Gasteiger partial charge in [0, 0.05) is 19.0 Å². The first-order valence-electron chi connectivity index (χ1n) is 5.75.